The van der Waals surface area contributed by atoms with Gasteiger partial charge >= 0.3 is 0 Å². The zero-order valence-electron chi connectivity index (χ0n) is 16.3. The van der Waals surface area contributed by atoms with Crippen molar-refractivity contribution in [1.82, 2.24) is 19.5 Å². The minimum Gasteiger partial charge on any atom is -0.367 e. The number of hydrazine groups is 1. The van der Waals surface area contributed by atoms with Crippen molar-refractivity contribution in [2.75, 3.05) is 5.32 Å². The summed E-state index contributed by atoms with van der Waals surface area (Å²) in [5.74, 6) is 6.14. The molecule has 1 aliphatic heterocycles. The van der Waals surface area contributed by atoms with Crippen LogP contribution in [0.2, 0.25) is 0 Å². The molecule has 9 nitrogen and oxygen atoms in total. The number of fused-ring (bicyclic) bond motifs is 4. The molecule has 3 heterocycles. The highest BCUT2D eigenvalue weighted by atomic mass is 32.2. The number of hydrogen-bond donors (Lipinski definition) is 4. The molecule has 1 amide bonds. The fourth-order valence-corrected chi connectivity index (χ4v) is 4.91. The van der Waals surface area contributed by atoms with Gasteiger partial charge in [-0.15, -0.1) is 0 Å². The second kappa shape index (κ2) is 7.24. The van der Waals surface area contributed by atoms with Crippen molar-refractivity contribution in [3.8, 4) is 0 Å². The summed E-state index contributed by atoms with van der Waals surface area (Å²) in [6, 6.07) is 9.44. The molecule has 30 heavy (non-hydrogen) atoms. The number of carbonyl (C=O) groups is 1. The molecule has 1 saturated carbocycles. The maximum absolute atomic E-state index is 13.2. The summed E-state index contributed by atoms with van der Waals surface area (Å²) in [4.78, 5) is 23.3. The van der Waals surface area contributed by atoms with E-state index in [1.807, 2.05) is 34.9 Å². The first-order chi connectivity index (χ1) is 14.5. The van der Waals surface area contributed by atoms with Crippen LogP contribution in [0.15, 0.2) is 41.4 Å². The lowest BCUT2D eigenvalue weighted by Gasteiger charge is -2.46. The number of hydrogen-bond acceptors (Lipinski definition) is 8. The largest absolute Gasteiger partial charge is 0.367 e. The van der Waals surface area contributed by atoms with Crippen LogP contribution in [-0.4, -0.2) is 30.6 Å². The number of nitrogens with two attached hydrogens (primary N) is 2. The SMILES string of the molecule is NSc1ccc(Nc2ncc3cc4n(c3n2)C2(CCCCC2)C(=O)N(N)C4O)cc1. The summed E-state index contributed by atoms with van der Waals surface area (Å²) in [5.41, 5.74) is 1.22. The van der Waals surface area contributed by atoms with E-state index in [4.69, 9.17) is 16.0 Å². The Morgan fingerprint density at radius 1 is 1.20 bits per heavy atom. The minimum atomic E-state index is -1.21. The Kier molecular flexibility index (Phi) is 4.66. The van der Waals surface area contributed by atoms with E-state index in [0.717, 1.165) is 40.2 Å². The number of anilines is 2. The Balaban J connectivity index is 1.61. The van der Waals surface area contributed by atoms with Crippen molar-refractivity contribution in [1.29, 1.82) is 0 Å². The van der Waals surface area contributed by atoms with Gasteiger partial charge in [-0.2, -0.15) is 4.98 Å². The third-order valence-corrected chi connectivity index (χ3v) is 6.63. The van der Waals surface area contributed by atoms with Gasteiger partial charge in [0.25, 0.3) is 5.91 Å². The molecule has 6 N–H and O–H groups in total. The molecular formula is C20H23N7O2S. The number of amides is 1. The van der Waals surface area contributed by atoms with E-state index in [9.17, 15) is 9.90 Å². The average molecular weight is 426 g/mol. The Bertz CT molecular complexity index is 1110. The molecule has 0 radical (unpaired) electrons. The molecule has 5 rings (SSSR count). The van der Waals surface area contributed by atoms with Crippen LogP contribution in [0.4, 0.5) is 11.6 Å². The second-order valence-electron chi connectivity index (χ2n) is 7.82. The van der Waals surface area contributed by atoms with E-state index in [-0.39, 0.29) is 5.91 Å². The van der Waals surface area contributed by atoms with Gasteiger partial charge < -0.3 is 15.0 Å². The number of benzene rings is 1. The molecule has 2 aromatic heterocycles. The quantitative estimate of drug-likeness (QED) is 0.286. The van der Waals surface area contributed by atoms with Crippen molar-refractivity contribution in [3.05, 3.63) is 42.2 Å². The van der Waals surface area contributed by atoms with Crippen molar-refractivity contribution in [3.63, 3.8) is 0 Å². The van der Waals surface area contributed by atoms with Crippen LogP contribution in [0.1, 0.15) is 44.0 Å². The monoisotopic (exact) mass is 425 g/mol. The average Bonchev–Trinajstić information content (AvgIpc) is 3.17. The normalized spacial score (nSPS) is 20.6. The third kappa shape index (κ3) is 2.87. The Hall–Kier alpha value is -2.66. The van der Waals surface area contributed by atoms with Crippen LogP contribution in [0, 0.1) is 0 Å². The number of rotatable bonds is 3. The fraction of sp³-hybridized carbons (Fsp3) is 0.350. The van der Waals surface area contributed by atoms with E-state index in [1.165, 1.54) is 11.9 Å². The lowest BCUT2D eigenvalue weighted by molar-refractivity contribution is -0.161. The third-order valence-electron chi connectivity index (χ3n) is 6.09. The maximum Gasteiger partial charge on any atom is 0.265 e. The summed E-state index contributed by atoms with van der Waals surface area (Å²) >= 11 is 1.18. The van der Waals surface area contributed by atoms with Gasteiger partial charge in [0, 0.05) is 22.2 Å². The molecule has 1 aliphatic carbocycles. The first kappa shape index (κ1) is 19.3. The smallest absolute Gasteiger partial charge is 0.265 e. The highest BCUT2D eigenvalue weighted by Gasteiger charge is 2.51. The molecule has 1 fully saturated rings. The van der Waals surface area contributed by atoms with Crippen LogP contribution in [0.25, 0.3) is 11.0 Å². The summed E-state index contributed by atoms with van der Waals surface area (Å²) in [6.07, 6.45) is 4.77. The van der Waals surface area contributed by atoms with Crippen LogP contribution >= 0.6 is 11.9 Å². The predicted octanol–water partition coefficient (Wildman–Crippen LogP) is 2.51. The fourth-order valence-electron chi connectivity index (χ4n) is 4.62. The maximum atomic E-state index is 13.2. The minimum absolute atomic E-state index is 0.261. The number of aliphatic hydroxyl groups is 1. The first-order valence-electron chi connectivity index (χ1n) is 9.93. The second-order valence-corrected chi connectivity index (χ2v) is 8.53. The van der Waals surface area contributed by atoms with Crippen LogP contribution in [0.5, 0.6) is 0 Å². The zero-order valence-corrected chi connectivity index (χ0v) is 17.1. The number of aromatic nitrogens is 3. The van der Waals surface area contributed by atoms with Crippen molar-refractivity contribution in [2.24, 2.45) is 11.0 Å². The molecule has 0 bridgehead atoms. The number of nitrogens with zero attached hydrogens (tertiary/aromatic N) is 4. The van der Waals surface area contributed by atoms with Crippen LogP contribution in [-0.2, 0) is 10.3 Å². The van der Waals surface area contributed by atoms with Gasteiger partial charge in [0.1, 0.15) is 11.2 Å². The molecule has 10 heteroatoms. The van der Waals surface area contributed by atoms with Gasteiger partial charge in [-0.05, 0) is 55.1 Å². The number of aliphatic hydroxyl groups excluding tert-OH is 1. The molecule has 156 valence electrons. The lowest BCUT2D eigenvalue weighted by Crippen LogP contribution is -2.59. The Morgan fingerprint density at radius 3 is 2.63 bits per heavy atom. The summed E-state index contributed by atoms with van der Waals surface area (Å²) in [5, 5.41) is 21.2. The molecule has 3 aromatic rings. The van der Waals surface area contributed by atoms with Gasteiger partial charge in [-0.25, -0.2) is 15.8 Å². The molecule has 1 aromatic carbocycles. The molecule has 1 spiro atoms. The summed E-state index contributed by atoms with van der Waals surface area (Å²) in [7, 11) is 0. The molecular weight excluding hydrogens is 402 g/mol. The van der Waals surface area contributed by atoms with Crippen LogP contribution < -0.4 is 16.3 Å². The van der Waals surface area contributed by atoms with Crippen LogP contribution in [0.3, 0.4) is 0 Å². The van der Waals surface area contributed by atoms with E-state index in [0.29, 0.717) is 30.1 Å². The van der Waals surface area contributed by atoms with Crippen molar-refractivity contribution >= 4 is 40.5 Å². The van der Waals surface area contributed by atoms with E-state index in [1.54, 1.807) is 6.20 Å². The van der Waals surface area contributed by atoms with Gasteiger partial charge in [-0.1, -0.05) is 19.3 Å². The summed E-state index contributed by atoms with van der Waals surface area (Å²) < 4.78 is 1.90. The predicted molar refractivity (Wildman–Crippen MR) is 114 cm³/mol. The van der Waals surface area contributed by atoms with Gasteiger partial charge in [0.05, 0.1) is 5.69 Å². The van der Waals surface area contributed by atoms with E-state index >= 15 is 0 Å². The summed E-state index contributed by atoms with van der Waals surface area (Å²) in [6.45, 7) is 0. The molecule has 1 atom stereocenters. The first-order valence-corrected chi connectivity index (χ1v) is 10.8. The lowest BCUT2D eigenvalue weighted by atomic mass is 9.79. The molecule has 2 aliphatic rings. The van der Waals surface area contributed by atoms with Gasteiger partial charge in [-0.3, -0.25) is 9.93 Å². The number of nitrogens with one attached hydrogen (secondary N) is 1. The topological polar surface area (TPSA) is 135 Å². The van der Waals surface area contributed by atoms with Crippen molar-refractivity contribution < 1.29 is 9.90 Å². The van der Waals surface area contributed by atoms with Crippen molar-refractivity contribution in [2.45, 2.75) is 48.8 Å². The van der Waals surface area contributed by atoms with E-state index in [2.05, 4.69) is 10.3 Å². The Labute approximate surface area is 177 Å². The number of carbonyl (C=O) groups excluding carboxylic acids is 1. The Morgan fingerprint density at radius 2 is 1.93 bits per heavy atom. The zero-order chi connectivity index (χ0) is 20.9. The highest BCUT2D eigenvalue weighted by molar-refractivity contribution is 7.97. The molecule has 1 unspecified atom stereocenters. The van der Waals surface area contributed by atoms with Gasteiger partial charge in [0.2, 0.25) is 5.95 Å². The van der Waals surface area contributed by atoms with Gasteiger partial charge in [0.15, 0.2) is 6.23 Å². The standard InChI is InChI=1S/C20H23N7O2S/c21-27-17(28)15-10-12-11-23-19(24-13-4-6-14(30-22)7-5-13)25-16(12)26(15)20(18(27)29)8-2-1-3-9-20/h4-7,10-11,17,28H,1-3,8-9,21-22H2,(H,23,24,25). The molecule has 0 saturated heterocycles. The van der Waals surface area contributed by atoms with E-state index < -0.39 is 11.8 Å². The highest BCUT2D eigenvalue weighted by Crippen LogP contribution is 2.45.